The highest BCUT2D eigenvalue weighted by molar-refractivity contribution is 5.85. The molecule has 1 amide bonds. The second-order valence-corrected chi connectivity index (χ2v) is 4.04. The van der Waals surface area contributed by atoms with Crippen LogP contribution in [0.2, 0.25) is 0 Å². The maximum atomic E-state index is 11.1. The zero-order valence-corrected chi connectivity index (χ0v) is 10.9. The van der Waals surface area contributed by atoms with Crippen molar-refractivity contribution in [2.45, 2.75) is 20.3 Å². The molecule has 1 heterocycles. The molecule has 1 aliphatic rings. The van der Waals surface area contributed by atoms with Gasteiger partial charge in [-0.25, -0.2) is 10.2 Å². The van der Waals surface area contributed by atoms with Gasteiger partial charge in [-0.15, -0.1) is 0 Å². The van der Waals surface area contributed by atoms with Gasteiger partial charge in [-0.3, -0.25) is 0 Å². The highest BCUT2D eigenvalue weighted by Crippen LogP contribution is 2.32. The van der Waals surface area contributed by atoms with Crippen molar-refractivity contribution in [1.82, 2.24) is 5.43 Å². The first-order valence-electron chi connectivity index (χ1n) is 6.03. The first-order valence-corrected chi connectivity index (χ1v) is 6.03. The Balaban J connectivity index is 1.93. The Labute approximate surface area is 111 Å². The summed E-state index contributed by atoms with van der Waals surface area (Å²) in [5.41, 5.74) is 4.14. The van der Waals surface area contributed by atoms with Crippen LogP contribution in [-0.4, -0.2) is 25.2 Å². The van der Waals surface area contributed by atoms with Gasteiger partial charge in [-0.1, -0.05) is 6.07 Å². The summed E-state index contributed by atoms with van der Waals surface area (Å²) in [5.74, 6) is 1.49. The van der Waals surface area contributed by atoms with Gasteiger partial charge in [0.1, 0.15) is 0 Å². The summed E-state index contributed by atoms with van der Waals surface area (Å²) in [5, 5.41) is 3.95. The van der Waals surface area contributed by atoms with E-state index < -0.39 is 6.09 Å². The molecule has 0 saturated heterocycles. The first-order chi connectivity index (χ1) is 9.19. The molecule has 0 fully saturated rings. The van der Waals surface area contributed by atoms with Crippen LogP contribution in [0.4, 0.5) is 4.79 Å². The average molecular weight is 264 g/mol. The molecule has 1 aromatic carbocycles. The van der Waals surface area contributed by atoms with E-state index in [4.69, 9.17) is 14.2 Å². The van der Waals surface area contributed by atoms with Crippen LogP contribution in [0.25, 0.3) is 0 Å². The van der Waals surface area contributed by atoms with E-state index in [-0.39, 0.29) is 6.79 Å². The summed E-state index contributed by atoms with van der Waals surface area (Å²) >= 11 is 0. The van der Waals surface area contributed by atoms with E-state index in [1.807, 2.05) is 25.1 Å². The molecular weight excluding hydrogens is 248 g/mol. The summed E-state index contributed by atoms with van der Waals surface area (Å²) < 4.78 is 15.2. The standard InChI is InChI=1S/C13H16N2O4/c1-3-17-13(16)15-14-9(2)6-10-4-5-11-12(7-10)19-8-18-11/h4-5,7H,3,6,8H2,1-2H3,(H,15,16). The molecule has 2 rings (SSSR count). The predicted molar refractivity (Wildman–Crippen MR) is 69.5 cm³/mol. The van der Waals surface area contributed by atoms with E-state index in [1.54, 1.807) is 6.92 Å². The molecule has 0 bridgehead atoms. The molecule has 0 aliphatic carbocycles. The molecule has 0 radical (unpaired) electrons. The van der Waals surface area contributed by atoms with E-state index in [0.717, 1.165) is 22.8 Å². The predicted octanol–water partition coefficient (Wildman–Crippen LogP) is 2.08. The molecule has 1 aliphatic heterocycles. The van der Waals surface area contributed by atoms with Gasteiger partial charge in [0, 0.05) is 12.1 Å². The third-order valence-electron chi connectivity index (χ3n) is 2.51. The van der Waals surface area contributed by atoms with Crippen LogP contribution < -0.4 is 14.9 Å². The second kappa shape index (κ2) is 6.08. The maximum Gasteiger partial charge on any atom is 0.427 e. The Morgan fingerprint density at radius 3 is 3.00 bits per heavy atom. The van der Waals surface area contributed by atoms with E-state index in [1.165, 1.54) is 0 Å². The number of hydrogen-bond donors (Lipinski definition) is 1. The maximum absolute atomic E-state index is 11.1. The lowest BCUT2D eigenvalue weighted by Gasteiger charge is -2.04. The Kier molecular flexibility index (Phi) is 4.22. The van der Waals surface area contributed by atoms with Crippen LogP contribution >= 0.6 is 0 Å². The summed E-state index contributed by atoms with van der Waals surface area (Å²) in [7, 11) is 0. The number of benzene rings is 1. The Morgan fingerprint density at radius 2 is 2.21 bits per heavy atom. The Hall–Kier alpha value is -2.24. The van der Waals surface area contributed by atoms with Gasteiger partial charge >= 0.3 is 6.09 Å². The van der Waals surface area contributed by atoms with Crippen molar-refractivity contribution >= 4 is 11.8 Å². The number of nitrogens with zero attached hydrogens (tertiary/aromatic N) is 1. The minimum atomic E-state index is -0.549. The third-order valence-corrected chi connectivity index (χ3v) is 2.51. The van der Waals surface area contributed by atoms with Gasteiger partial charge in [0.15, 0.2) is 11.5 Å². The van der Waals surface area contributed by atoms with Gasteiger partial charge in [0.05, 0.1) is 6.61 Å². The molecule has 1 N–H and O–H groups in total. The Bertz CT molecular complexity index is 499. The largest absolute Gasteiger partial charge is 0.454 e. The van der Waals surface area contributed by atoms with Crippen LogP contribution in [0.5, 0.6) is 11.5 Å². The van der Waals surface area contributed by atoms with Crippen molar-refractivity contribution in [3.63, 3.8) is 0 Å². The van der Waals surface area contributed by atoms with E-state index in [9.17, 15) is 4.79 Å². The third kappa shape index (κ3) is 3.61. The molecule has 102 valence electrons. The van der Waals surface area contributed by atoms with Crippen LogP contribution in [-0.2, 0) is 11.2 Å². The lowest BCUT2D eigenvalue weighted by molar-refractivity contribution is 0.152. The highest BCUT2D eigenvalue weighted by atomic mass is 16.7. The van der Waals surface area contributed by atoms with Crippen LogP contribution in [0.15, 0.2) is 23.3 Å². The molecule has 19 heavy (non-hydrogen) atoms. The average Bonchev–Trinajstić information content (AvgIpc) is 2.84. The van der Waals surface area contributed by atoms with Crippen LogP contribution in [0.1, 0.15) is 19.4 Å². The lowest BCUT2D eigenvalue weighted by Crippen LogP contribution is -2.20. The number of hydrogen-bond acceptors (Lipinski definition) is 5. The quantitative estimate of drug-likeness (QED) is 0.667. The molecule has 6 heteroatoms. The molecule has 0 atom stereocenters. The van der Waals surface area contributed by atoms with E-state index in [0.29, 0.717) is 13.0 Å². The number of amides is 1. The minimum Gasteiger partial charge on any atom is -0.454 e. The van der Waals surface area contributed by atoms with Crippen molar-refractivity contribution in [2.75, 3.05) is 13.4 Å². The summed E-state index contributed by atoms with van der Waals surface area (Å²) in [6, 6.07) is 5.71. The van der Waals surface area contributed by atoms with Crippen molar-refractivity contribution < 1.29 is 19.0 Å². The first kappa shape index (κ1) is 13.2. The topological polar surface area (TPSA) is 69.2 Å². The minimum absolute atomic E-state index is 0.260. The molecule has 1 aromatic rings. The number of hydrazone groups is 1. The number of ether oxygens (including phenoxy) is 3. The van der Waals surface area contributed by atoms with Gasteiger partial charge < -0.3 is 14.2 Å². The monoisotopic (exact) mass is 264 g/mol. The summed E-state index contributed by atoms with van der Waals surface area (Å²) in [4.78, 5) is 11.1. The van der Waals surface area contributed by atoms with Crippen LogP contribution in [0, 0.1) is 0 Å². The molecule has 0 unspecified atom stereocenters. The van der Waals surface area contributed by atoms with Crippen molar-refractivity contribution in [3.8, 4) is 11.5 Å². The van der Waals surface area contributed by atoms with Gasteiger partial charge in [-0.2, -0.15) is 5.10 Å². The van der Waals surface area contributed by atoms with Crippen LogP contribution in [0.3, 0.4) is 0 Å². The fraction of sp³-hybridized carbons (Fsp3) is 0.385. The number of nitrogens with one attached hydrogen (secondary N) is 1. The molecule has 0 aromatic heterocycles. The Morgan fingerprint density at radius 1 is 1.42 bits per heavy atom. The second-order valence-electron chi connectivity index (χ2n) is 4.04. The molecule has 0 saturated carbocycles. The van der Waals surface area contributed by atoms with Crippen molar-refractivity contribution in [1.29, 1.82) is 0 Å². The number of rotatable bonds is 4. The van der Waals surface area contributed by atoms with Crippen molar-refractivity contribution in [2.24, 2.45) is 5.10 Å². The van der Waals surface area contributed by atoms with Gasteiger partial charge in [0.2, 0.25) is 6.79 Å². The SMILES string of the molecule is CCOC(=O)NN=C(C)Cc1ccc2c(c1)OCO2. The van der Waals surface area contributed by atoms with E-state index >= 15 is 0 Å². The number of carbonyl (C=O) groups is 1. The van der Waals surface area contributed by atoms with Gasteiger partial charge in [0.25, 0.3) is 0 Å². The fourth-order valence-electron chi connectivity index (χ4n) is 1.69. The number of fused-ring (bicyclic) bond motifs is 1. The van der Waals surface area contributed by atoms with Gasteiger partial charge in [-0.05, 0) is 31.5 Å². The zero-order valence-electron chi connectivity index (χ0n) is 10.9. The molecule has 0 spiro atoms. The van der Waals surface area contributed by atoms with E-state index in [2.05, 4.69) is 10.5 Å². The summed E-state index contributed by atoms with van der Waals surface area (Å²) in [6.45, 7) is 4.15. The zero-order chi connectivity index (χ0) is 13.7. The van der Waals surface area contributed by atoms with Crippen molar-refractivity contribution in [3.05, 3.63) is 23.8 Å². The summed E-state index contributed by atoms with van der Waals surface area (Å²) in [6.07, 6.45) is 0.0656. The molecule has 6 nitrogen and oxygen atoms in total. The highest BCUT2D eigenvalue weighted by Gasteiger charge is 2.13. The normalized spacial score (nSPS) is 13.3. The molecular formula is C13H16N2O4. The number of carbonyl (C=O) groups excluding carboxylic acids is 1. The fourth-order valence-corrected chi connectivity index (χ4v) is 1.69. The smallest absolute Gasteiger partial charge is 0.427 e. The lowest BCUT2D eigenvalue weighted by atomic mass is 10.1.